The van der Waals surface area contributed by atoms with Crippen molar-refractivity contribution in [1.29, 1.82) is 0 Å². The summed E-state index contributed by atoms with van der Waals surface area (Å²) in [5, 5.41) is 3.12. The van der Waals surface area contributed by atoms with Gasteiger partial charge in [0.1, 0.15) is 0 Å². The van der Waals surface area contributed by atoms with Gasteiger partial charge in [0.05, 0.1) is 5.75 Å². The Morgan fingerprint density at radius 2 is 2.12 bits per heavy atom. The summed E-state index contributed by atoms with van der Waals surface area (Å²) < 4.78 is 25.4. The van der Waals surface area contributed by atoms with E-state index >= 15 is 0 Å². The first kappa shape index (κ1) is 16.2. The van der Waals surface area contributed by atoms with Gasteiger partial charge in [-0.05, 0) is 38.8 Å². The summed E-state index contributed by atoms with van der Waals surface area (Å²) in [4.78, 5) is 0. The van der Waals surface area contributed by atoms with E-state index in [2.05, 4.69) is 5.32 Å². The van der Waals surface area contributed by atoms with Crippen LogP contribution in [0.25, 0.3) is 0 Å². The molecule has 1 N–H and O–H groups in total. The Balaban J connectivity index is 0.00000225. The lowest BCUT2D eigenvalue weighted by Crippen LogP contribution is -2.43. The lowest BCUT2D eigenvalue weighted by Gasteiger charge is -2.31. The second-order valence-corrected chi connectivity index (χ2v) is 6.33. The number of nitrogens with one attached hydrogen (secondary N) is 1. The lowest BCUT2D eigenvalue weighted by molar-refractivity contribution is 0.263. The molecule has 1 unspecified atom stereocenters. The summed E-state index contributed by atoms with van der Waals surface area (Å²) in [5.41, 5.74) is 0. The van der Waals surface area contributed by atoms with E-state index in [9.17, 15) is 8.42 Å². The first-order valence-corrected chi connectivity index (χ1v) is 7.33. The maximum atomic E-state index is 11.8. The Morgan fingerprint density at radius 1 is 1.44 bits per heavy atom. The van der Waals surface area contributed by atoms with E-state index in [-0.39, 0.29) is 12.4 Å². The van der Waals surface area contributed by atoms with Crippen LogP contribution in [-0.4, -0.2) is 45.2 Å². The Morgan fingerprint density at radius 3 is 2.69 bits per heavy atom. The molecule has 0 radical (unpaired) electrons. The summed E-state index contributed by atoms with van der Waals surface area (Å²) >= 11 is 0. The van der Waals surface area contributed by atoms with Crippen LogP contribution in [0.3, 0.4) is 0 Å². The topological polar surface area (TPSA) is 49.4 Å². The zero-order chi connectivity index (χ0) is 11.3. The highest BCUT2D eigenvalue weighted by atomic mass is 35.5. The molecule has 98 valence electrons. The first-order chi connectivity index (χ1) is 7.10. The van der Waals surface area contributed by atoms with Crippen molar-refractivity contribution in [2.24, 2.45) is 5.92 Å². The van der Waals surface area contributed by atoms with Crippen LogP contribution >= 0.6 is 12.4 Å². The normalized spacial score (nSPS) is 22.8. The van der Waals surface area contributed by atoms with E-state index in [0.29, 0.717) is 31.2 Å². The van der Waals surface area contributed by atoms with Gasteiger partial charge in [0.15, 0.2) is 0 Å². The highest BCUT2D eigenvalue weighted by Gasteiger charge is 2.27. The Hall–Kier alpha value is 0.160. The summed E-state index contributed by atoms with van der Waals surface area (Å²) in [6.07, 6.45) is 2.84. The van der Waals surface area contributed by atoms with Crippen molar-refractivity contribution in [3.63, 3.8) is 0 Å². The minimum atomic E-state index is -2.98. The Bertz CT molecular complexity index is 281. The van der Waals surface area contributed by atoms with Crippen molar-refractivity contribution >= 4 is 22.4 Å². The summed E-state index contributed by atoms with van der Waals surface area (Å²) in [7, 11) is -1.06. The molecule has 0 aromatic carbocycles. The third kappa shape index (κ3) is 4.57. The molecule has 6 heteroatoms. The van der Waals surface area contributed by atoms with Crippen LogP contribution in [0.1, 0.15) is 26.2 Å². The molecule has 16 heavy (non-hydrogen) atoms. The highest BCUT2D eigenvalue weighted by molar-refractivity contribution is 7.89. The minimum Gasteiger partial charge on any atom is -0.319 e. The molecule has 1 saturated heterocycles. The standard InChI is InChI=1S/C10H22N2O2S.ClH/c1-3-7-15(13,14)12-6-4-5-10(9-12)8-11-2;/h10-11H,3-9H2,1-2H3;1H. The van der Waals surface area contributed by atoms with Crippen LogP contribution in [0.5, 0.6) is 0 Å². The number of nitrogens with zero attached hydrogens (tertiary/aromatic N) is 1. The van der Waals surface area contributed by atoms with Crippen LogP contribution in [-0.2, 0) is 10.0 Å². The number of hydrogen-bond donors (Lipinski definition) is 1. The van der Waals surface area contributed by atoms with Gasteiger partial charge in [-0.1, -0.05) is 6.92 Å². The monoisotopic (exact) mass is 270 g/mol. The third-order valence-electron chi connectivity index (χ3n) is 2.83. The molecule has 1 aliphatic heterocycles. The van der Waals surface area contributed by atoms with Crippen molar-refractivity contribution in [1.82, 2.24) is 9.62 Å². The molecule has 0 amide bonds. The minimum absolute atomic E-state index is 0. The number of halogens is 1. The molecule has 1 heterocycles. The zero-order valence-electron chi connectivity index (χ0n) is 10.1. The second-order valence-electron chi connectivity index (χ2n) is 4.24. The largest absolute Gasteiger partial charge is 0.319 e. The molecule has 0 aromatic heterocycles. The molecular weight excluding hydrogens is 248 g/mol. The molecule has 1 fully saturated rings. The van der Waals surface area contributed by atoms with E-state index in [1.54, 1.807) is 4.31 Å². The predicted molar refractivity (Wildman–Crippen MR) is 69.5 cm³/mol. The third-order valence-corrected chi connectivity index (χ3v) is 4.87. The van der Waals surface area contributed by atoms with Crippen molar-refractivity contribution in [2.75, 3.05) is 32.4 Å². The van der Waals surface area contributed by atoms with Crippen LogP contribution in [0, 0.1) is 5.92 Å². The van der Waals surface area contributed by atoms with Gasteiger partial charge < -0.3 is 5.32 Å². The van der Waals surface area contributed by atoms with E-state index in [0.717, 1.165) is 19.4 Å². The van der Waals surface area contributed by atoms with Gasteiger partial charge in [0.25, 0.3) is 0 Å². The lowest BCUT2D eigenvalue weighted by atomic mass is 10.00. The van der Waals surface area contributed by atoms with Crippen molar-refractivity contribution in [3.8, 4) is 0 Å². The van der Waals surface area contributed by atoms with Crippen molar-refractivity contribution in [2.45, 2.75) is 26.2 Å². The average Bonchev–Trinajstić information content (AvgIpc) is 2.19. The molecular formula is C10H23ClN2O2S. The smallest absolute Gasteiger partial charge is 0.214 e. The van der Waals surface area contributed by atoms with Gasteiger partial charge in [-0.15, -0.1) is 12.4 Å². The van der Waals surface area contributed by atoms with Gasteiger partial charge in [-0.25, -0.2) is 12.7 Å². The molecule has 1 rings (SSSR count). The summed E-state index contributed by atoms with van der Waals surface area (Å²) in [5.74, 6) is 0.773. The molecule has 1 atom stereocenters. The van der Waals surface area contributed by atoms with Crippen molar-refractivity contribution < 1.29 is 8.42 Å². The van der Waals surface area contributed by atoms with E-state index in [1.165, 1.54) is 0 Å². The van der Waals surface area contributed by atoms with Crippen LogP contribution < -0.4 is 5.32 Å². The van der Waals surface area contributed by atoms with Gasteiger partial charge in [0, 0.05) is 13.1 Å². The van der Waals surface area contributed by atoms with E-state index in [4.69, 9.17) is 0 Å². The van der Waals surface area contributed by atoms with E-state index < -0.39 is 10.0 Å². The Labute approximate surface area is 105 Å². The SMILES string of the molecule is CCCS(=O)(=O)N1CCCC(CNC)C1.Cl. The van der Waals surface area contributed by atoms with Gasteiger partial charge in [-0.2, -0.15) is 0 Å². The van der Waals surface area contributed by atoms with Crippen LogP contribution in [0.15, 0.2) is 0 Å². The summed E-state index contributed by atoms with van der Waals surface area (Å²) in [6.45, 7) is 4.23. The average molecular weight is 271 g/mol. The highest BCUT2D eigenvalue weighted by Crippen LogP contribution is 2.19. The molecule has 1 aliphatic rings. The van der Waals surface area contributed by atoms with Crippen LogP contribution in [0.2, 0.25) is 0 Å². The Kier molecular flexibility index (Phi) is 7.55. The maximum absolute atomic E-state index is 11.8. The molecule has 0 aliphatic carbocycles. The molecule has 0 aromatic rings. The quantitative estimate of drug-likeness (QED) is 0.813. The number of piperidine rings is 1. The number of rotatable bonds is 5. The molecule has 0 saturated carbocycles. The van der Waals surface area contributed by atoms with Gasteiger partial charge in [0.2, 0.25) is 10.0 Å². The fraction of sp³-hybridized carbons (Fsp3) is 1.00. The maximum Gasteiger partial charge on any atom is 0.214 e. The molecule has 4 nitrogen and oxygen atoms in total. The molecule has 0 spiro atoms. The fourth-order valence-corrected chi connectivity index (χ4v) is 3.74. The second kappa shape index (κ2) is 7.48. The fourth-order valence-electron chi connectivity index (χ4n) is 2.12. The molecule has 0 bridgehead atoms. The van der Waals surface area contributed by atoms with E-state index in [1.807, 2.05) is 14.0 Å². The van der Waals surface area contributed by atoms with Crippen LogP contribution in [0.4, 0.5) is 0 Å². The first-order valence-electron chi connectivity index (χ1n) is 5.72. The predicted octanol–water partition coefficient (Wildman–Crippen LogP) is 1.08. The van der Waals surface area contributed by atoms with Gasteiger partial charge >= 0.3 is 0 Å². The van der Waals surface area contributed by atoms with Crippen molar-refractivity contribution in [3.05, 3.63) is 0 Å². The number of hydrogen-bond acceptors (Lipinski definition) is 3. The number of sulfonamides is 1. The summed E-state index contributed by atoms with van der Waals surface area (Å²) in [6, 6.07) is 0. The zero-order valence-corrected chi connectivity index (χ0v) is 11.7. The van der Waals surface area contributed by atoms with Gasteiger partial charge in [-0.3, -0.25) is 0 Å².